The lowest BCUT2D eigenvalue weighted by Gasteiger charge is -2.40. The molecule has 2 aliphatic rings. The lowest BCUT2D eigenvalue weighted by atomic mass is 9.94. The van der Waals surface area contributed by atoms with Gasteiger partial charge in [-0.15, -0.1) is 0 Å². The highest BCUT2D eigenvalue weighted by Crippen LogP contribution is 2.23. The van der Waals surface area contributed by atoms with Crippen LogP contribution in [0, 0.1) is 0 Å². The second kappa shape index (κ2) is 6.87. The van der Waals surface area contributed by atoms with E-state index < -0.39 is 0 Å². The molecule has 1 aliphatic heterocycles. The van der Waals surface area contributed by atoms with Gasteiger partial charge in [0.25, 0.3) is 0 Å². The summed E-state index contributed by atoms with van der Waals surface area (Å²) in [5, 5.41) is 0. The molecule has 1 saturated heterocycles. The van der Waals surface area contributed by atoms with Crippen molar-refractivity contribution in [1.82, 2.24) is 9.80 Å². The molecule has 0 unspecified atom stereocenters. The van der Waals surface area contributed by atoms with Crippen molar-refractivity contribution in [2.24, 2.45) is 0 Å². The van der Waals surface area contributed by atoms with E-state index in [2.05, 4.69) is 22.4 Å². The molecule has 0 N–H and O–H groups in total. The maximum atomic E-state index is 4.28. The van der Waals surface area contributed by atoms with Crippen LogP contribution in [0.2, 0.25) is 0 Å². The summed E-state index contributed by atoms with van der Waals surface area (Å²) in [5.41, 5.74) is 0. The van der Waals surface area contributed by atoms with Crippen LogP contribution in [0.1, 0.15) is 38.5 Å². The fourth-order valence-corrected chi connectivity index (χ4v) is 3.23. The zero-order valence-electron chi connectivity index (χ0n) is 10.4. The first-order valence-electron chi connectivity index (χ1n) is 6.97. The van der Waals surface area contributed by atoms with Crippen LogP contribution in [0.4, 0.5) is 0 Å². The normalized spacial score (nSPS) is 26.1. The predicted octanol–water partition coefficient (Wildman–Crippen LogP) is 2.26. The van der Waals surface area contributed by atoms with Gasteiger partial charge in [-0.05, 0) is 31.6 Å². The van der Waals surface area contributed by atoms with E-state index in [1.54, 1.807) is 0 Å². The smallest absolute Gasteiger partial charge is 0.0113 e. The Labute approximate surface area is 106 Å². The largest absolute Gasteiger partial charge is 0.301 e. The Bertz CT molecular complexity index is 184. The van der Waals surface area contributed by atoms with Crippen LogP contribution in [-0.4, -0.2) is 54.3 Å². The third-order valence-electron chi connectivity index (χ3n) is 4.13. The van der Waals surface area contributed by atoms with Gasteiger partial charge in [-0.25, -0.2) is 0 Å². The molecule has 0 aromatic heterocycles. The highest BCUT2D eigenvalue weighted by molar-refractivity contribution is 7.80. The van der Waals surface area contributed by atoms with E-state index >= 15 is 0 Å². The summed E-state index contributed by atoms with van der Waals surface area (Å²) in [6, 6.07) is 0.917. The first kappa shape index (κ1) is 12.7. The van der Waals surface area contributed by atoms with Gasteiger partial charge < -0.3 is 4.90 Å². The second-order valence-corrected chi connectivity index (χ2v) is 5.69. The van der Waals surface area contributed by atoms with Gasteiger partial charge in [0.15, 0.2) is 0 Å². The van der Waals surface area contributed by atoms with E-state index in [0.29, 0.717) is 0 Å². The molecule has 2 rings (SSSR count). The molecule has 2 fully saturated rings. The summed E-state index contributed by atoms with van der Waals surface area (Å²) in [6.07, 6.45) is 8.55. The van der Waals surface area contributed by atoms with Crippen molar-refractivity contribution in [3.05, 3.63) is 0 Å². The number of hydrogen-bond acceptors (Lipinski definition) is 3. The molecule has 0 atom stereocenters. The molecule has 1 heterocycles. The molecule has 0 spiro atoms. The molecule has 0 aromatic rings. The number of piperazine rings is 1. The molecular weight excluding hydrogens is 216 g/mol. The van der Waals surface area contributed by atoms with Crippen molar-refractivity contribution >= 4 is 12.6 Å². The van der Waals surface area contributed by atoms with E-state index in [1.807, 2.05) is 0 Å². The van der Waals surface area contributed by atoms with Crippen molar-refractivity contribution < 1.29 is 0 Å². The van der Waals surface area contributed by atoms with E-state index in [0.717, 1.165) is 11.8 Å². The monoisotopic (exact) mass is 242 g/mol. The predicted molar refractivity (Wildman–Crippen MR) is 73.4 cm³/mol. The molecule has 1 aliphatic carbocycles. The number of nitrogens with zero attached hydrogens (tertiary/aromatic N) is 2. The van der Waals surface area contributed by atoms with E-state index in [-0.39, 0.29) is 0 Å². The van der Waals surface area contributed by atoms with Gasteiger partial charge in [-0.2, -0.15) is 12.6 Å². The molecule has 1 saturated carbocycles. The van der Waals surface area contributed by atoms with Crippen LogP contribution in [0.15, 0.2) is 0 Å². The van der Waals surface area contributed by atoms with Crippen molar-refractivity contribution in [3.8, 4) is 0 Å². The summed E-state index contributed by atoms with van der Waals surface area (Å²) >= 11 is 4.28. The van der Waals surface area contributed by atoms with Gasteiger partial charge in [0.1, 0.15) is 0 Å². The van der Waals surface area contributed by atoms with Gasteiger partial charge in [0.05, 0.1) is 0 Å². The van der Waals surface area contributed by atoms with Crippen molar-refractivity contribution in [2.45, 2.75) is 44.6 Å². The molecule has 2 nitrogen and oxygen atoms in total. The standard InChI is InChI=1S/C13H26N2S/c16-12-4-7-14-8-10-15(11-9-14)13-5-2-1-3-6-13/h13,16H,1-12H2. The highest BCUT2D eigenvalue weighted by atomic mass is 32.1. The lowest BCUT2D eigenvalue weighted by molar-refractivity contribution is 0.0792. The Kier molecular flexibility index (Phi) is 5.46. The Hall–Kier alpha value is 0.270. The van der Waals surface area contributed by atoms with E-state index in [1.165, 1.54) is 71.2 Å². The van der Waals surface area contributed by atoms with Crippen LogP contribution >= 0.6 is 12.6 Å². The molecule has 94 valence electrons. The third kappa shape index (κ3) is 3.64. The van der Waals surface area contributed by atoms with Crippen molar-refractivity contribution in [3.63, 3.8) is 0 Å². The first-order valence-corrected chi connectivity index (χ1v) is 7.60. The molecule has 0 aromatic carbocycles. The van der Waals surface area contributed by atoms with Crippen LogP contribution < -0.4 is 0 Å². The summed E-state index contributed by atoms with van der Waals surface area (Å²) < 4.78 is 0. The summed E-state index contributed by atoms with van der Waals surface area (Å²) in [6.45, 7) is 6.42. The minimum absolute atomic E-state index is 0.917. The van der Waals surface area contributed by atoms with Crippen LogP contribution in [0.5, 0.6) is 0 Å². The summed E-state index contributed by atoms with van der Waals surface area (Å²) in [4.78, 5) is 5.35. The van der Waals surface area contributed by atoms with Gasteiger partial charge in [-0.3, -0.25) is 4.90 Å². The van der Waals surface area contributed by atoms with Crippen LogP contribution in [0.3, 0.4) is 0 Å². The lowest BCUT2D eigenvalue weighted by Crippen LogP contribution is -2.50. The molecule has 0 radical (unpaired) electrons. The van der Waals surface area contributed by atoms with E-state index in [4.69, 9.17) is 0 Å². The maximum absolute atomic E-state index is 4.28. The number of thiol groups is 1. The zero-order valence-corrected chi connectivity index (χ0v) is 11.3. The van der Waals surface area contributed by atoms with Gasteiger partial charge >= 0.3 is 0 Å². The van der Waals surface area contributed by atoms with Gasteiger partial charge in [-0.1, -0.05) is 19.3 Å². The molecule has 16 heavy (non-hydrogen) atoms. The minimum Gasteiger partial charge on any atom is -0.301 e. The highest BCUT2D eigenvalue weighted by Gasteiger charge is 2.24. The average Bonchev–Trinajstić information content (AvgIpc) is 2.38. The Morgan fingerprint density at radius 2 is 1.62 bits per heavy atom. The topological polar surface area (TPSA) is 6.48 Å². The first-order chi connectivity index (χ1) is 7.90. The number of hydrogen-bond donors (Lipinski definition) is 1. The zero-order chi connectivity index (χ0) is 11.2. The third-order valence-corrected chi connectivity index (χ3v) is 4.45. The quantitative estimate of drug-likeness (QED) is 0.756. The fourth-order valence-electron chi connectivity index (χ4n) is 3.09. The fraction of sp³-hybridized carbons (Fsp3) is 1.00. The maximum Gasteiger partial charge on any atom is 0.0113 e. The Morgan fingerprint density at radius 1 is 0.938 bits per heavy atom. The van der Waals surface area contributed by atoms with Gasteiger partial charge in [0.2, 0.25) is 0 Å². The molecule has 0 amide bonds. The second-order valence-electron chi connectivity index (χ2n) is 5.25. The van der Waals surface area contributed by atoms with Crippen LogP contribution in [-0.2, 0) is 0 Å². The average molecular weight is 242 g/mol. The summed E-state index contributed by atoms with van der Waals surface area (Å²) in [7, 11) is 0. The summed E-state index contributed by atoms with van der Waals surface area (Å²) in [5.74, 6) is 1.03. The van der Waals surface area contributed by atoms with Crippen LogP contribution in [0.25, 0.3) is 0 Å². The number of rotatable bonds is 4. The van der Waals surface area contributed by atoms with Crippen molar-refractivity contribution in [1.29, 1.82) is 0 Å². The SMILES string of the molecule is SCCCN1CCN(C2CCCCC2)CC1. The van der Waals surface area contributed by atoms with E-state index in [9.17, 15) is 0 Å². The molecule has 0 bridgehead atoms. The van der Waals surface area contributed by atoms with Gasteiger partial charge in [0, 0.05) is 32.2 Å². The minimum atomic E-state index is 0.917. The Balaban J connectivity index is 1.67. The molecular formula is C13H26N2S. The molecule has 3 heteroatoms. The van der Waals surface area contributed by atoms with Crippen molar-refractivity contribution in [2.75, 3.05) is 38.5 Å². The Morgan fingerprint density at radius 3 is 2.25 bits per heavy atom.